The van der Waals surface area contributed by atoms with Gasteiger partial charge in [0, 0.05) is 12.4 Å². The van der Waals surface area contributed by atoms with Crippen molar-refractivity contribution >= 4 is 9.84 Å². The fourth-order valence-electron chi connectivity index (χ4n) is 2.56. The first kappa shape index (κ1) is 16.4. The van der Waals surface area contributed by atoms with Gasteiger partial charge in [-0.3, -0.25) is 4.57 Å². The smallest absolute Gasteiger partial charge is 0.232 e. The molecule has 124 valence electrons. The number of benzene rings is 2. The third-order valence-corrected chi connectivity index (χ3v) is 5.39. The van der Waals surface area contributed by atoms with E-state index in [1.807, 2.05) is 31.2 Å². The third kappa shape index (κ3) is 3.25. The first-order valence-corrected chi connectivity index (χ1v) is 9.17. The number of hydrogen-bond donors (Lipinski definition) is 1. The summed E-state index contributed by atoms with van der Waals surface area (Å²) in [6.45, 7) is 1.87. The minimum Gasteiger partial charge on any atom is -0.392 e. The maximum absolute atomic E-state index is 12.8. The van der Waals surface area contributed by atoms with E-state index in [0.29, 0.717) is 5.56 Å². The Hall–Kier alpha value is -2.44. The van der Waals surface area contributed by atoms with Gasteiger partial charge in [0.05, 0.1) is 18.0 Å². The predicted molar refractivity (Wildman–Crippen MR) is 91.6 cm³/mol. The van der Waals surface area contributed by atoms with Gasteiger partial charge in [0.15, 0.2) is 0 Å². The van der Waals surface area contributed by atoms with E-state index in [4.69, 9.17) is 5.11 Å². The quantitative estimate of drug-likeness (QED) is 0.774. The lowest BCUT2D eigenvalue weighted by Crippen LogP contribution is -2.12. The molecule has 6 heteroatoms. The van der Waals surface area contributed by atoms with Crippen LogP contribution in [-0.2, 0) is 22.2 Å². The second kappa shape index (κ2) is 6.59. The normalized spacial score (nSPS) is 11.6. The van der Waals surface area contributed by atoms with Gasteiger partial charge >= 0.3 is 0 Å². The molecule has 0 saturated carbocycles. The van der Waals surface area contributed by atoms with E-state index in [9.17, 15) is 8.42 Å². The molecule has 0 amide bonds. The highest BCUT2D eigenvalue weighted by atomic mass is 32.2. The minimum absolute atomic E-state index is 0.0306. The molecule has 2 aromatic carbocycles. The van der Waals surface area contributed by atoms with E-state index in [1.165, 1.54) is 6.20 Å². The maximum Gasteiger partial charge on any atom is 0.232 e. The molecule has 0 aliphatic carbocycles. The summed E-state index contributed by atoms with van der Waals surface area (Å²) in [6, 6.07) is 14.4. The van der Waals surface area contributed by atoms with Crippen LogP contribution in [-0.4, -0.2) is 23.1 Å². The second-order valence-electron chi connectivity index (χ2n) is 5.60. The fraction of sp³-hybridized carbons (Fsp3) is 0.167. The summed E-state index contributed by atoms with van der Waals surface area (Å²) >= 11 is 0. The van der Waals surface area contributed by atoms with Crippen molar-refractivity contribution in [2.75, 3.05) is 0 Å². The van der Waals surface area contributed by atoms with Crippen LogP contribution in [0.1, 0.15) is 16.7 Å². The second-order valence-corrected chi connectivity index (χ2v) is 7.48. The van der Waals surface area contributed by atoms with Crippen molar-refractivity contribution in [2.45, 2.75) is 24.4 Å². The molecule has 5 nitrogen and oxygen atoms in total. The van der Waals surface area contributed by atoms with Crippen LogP contribution in [0.4, 0.5) is 0 Å². The number of aliphatic hydroxyl groups excluding tert-OH is 1. The van der Waals surface area contributed by atoms with E-state index in [0.717, 1.165) is 16.8 Å². The number of hydrogen-bond acceptors (Lipinski definition) is 4. The third-order valence-electron chi connectivity index (χ3n) is 3.82. The Morgan fingerprint density at radius 3 is 2.38 bits per heavy atom. The molecule has 0 radical (unpaired) electrons. The van der Waals surface area contributed by atoms with E-state index in [1.54, 1.807) is 35.0 Å². The van der Waals surface area contributed by atoms with Gasteiger partial charge in [-0.25, -0.2) is 13.4 Å². The molecule has 1 N–H and O–H groups in total. The Balaban J connectivity index is 1.96. The van der Waals surface area contributed by atoms with Crippen LogP contribution >= 0.6 is 0 Å². The first-order chi connectivity index (χ1) is 11.5. The van der Waals surface area contributed by atoms with Gasteiger partial charge in [-0.2, -0.15) is 0 Å². The van der Waals surface area contributed by atoms with Crippen LogP contribution in [0.25, 0.3) is 5.69 Å². The van der Waals surface area contributed by atoms with Crippen LogP contribution in [0.5, 0.6) is 0 Å². The molecule has 0 bridgehead atoms. The van der Waals surface area contributed by atoms with Crippen molar-refractivity contribution in [1.29, 1.82) is 0 Å². The number of imidazole rings is 1. The van der Waals surface area contributed by atoms with Crippen LogP contribution in [0.15, 0.2) is 66.1 Å². The maximum atomic E-state index is 12.8. The summed E-state index contributed by atoms with van der Waals surface area (Å²) in [5.74, 6) is -0.137. The molecule has 0 spiro atoms. The lowest BCUT2D eigenvalue weighted by Gasteiger charge is -2.11. The van der Waals surface area contributed by atoms with Crippen LogP contribution in [0.2, 0.25) is 0 Å². The number of para-hydroxylation sites is 1. The summed E-state index contributed by atoms with van der Waals surface area (Å²) in [6.07, 6.45) is 3.15. The molecular weight excluding hydrogens is 324 g/mol. The Morgan fingerprint density at radius 2 is 1.71 bits per heavy atom. The number of aromatic nitrogens is 2. The van der Waals surface area contributed by atoms with Crippen molar-refractivity contribution in [2.24, 2.45) is 0 Å². The lowest BCUT2D eigenvalue weighted by molar-refractivity contribution is 0.282. The molecule has 0 fully saturated rings. The molecule has 0 unspecified atom stereocenters. The van der Waals surface area contributed by atoms with Gasteiger partial charge in [-0.05, 0) is 29.7 Å². The minimum atomic E-state index is -3.60. The molecule has 3 aromatic rings. The lowest BCUT2D eigenvalue weighted by atomic mass is 10.2. The van der Waals surface area contributed by atoms with Gasteiger partial charge in [0.2, 0.25) is 15.0 Å². The van der Waals surface area contributed by atoms with Crippen molar-refractivity contribution < 1.29 is 13.5 Å². The number of sulfone groups is 1. The summed E-state index contributed by atoms with van der Waals surface area (Å²) < 4.78 is 27.2. The molecule has 24 heavy (non-hydrogen) atoms. The first-order valence-electron chi connectivity index (χ1n) is 7.52. The van der Waals surface area contributed by atoms with Crippen LogP contribution in [0.3, 0.4) is 0 Å². The SMILES string of the molecule is Cc1ccccc1-n1ccnc1S(=O)(=O)Cc1ccc(CO)cc1. The van der Waals surface area contributed by atoms with E-state index in [2.05, 4.69) is 4.98 Å². The zero-order valence-corrected chi connectivity index (χ0v) is 14.1. The molecule has 0 aliphatic heterocycles. The Bertz CT molecular complexity index is 944. The number of rotatable bonds is 5. The van der Waals surface area contributed by atoms with Crippen molar-refractivity contribution in [3.05, 3.63) is 77.6 Å². The zero-order valence-electron chi connectivity index (χ0n) is 13.3. The average molecular weight is 342 g/mol. The van der Waals surface area contributed by atoms with Crippen LogP contribution in [0, 0.1) is 6.92 Å². The molecule has 1 heterocycles. The van der Waals surface area contributed by atoms with Crippen molar-refractivity contribution in [3.63, 3.8) is 0 Å². The molecular formula is C18H18N2O3S. The van der Waals surface area contributed by atoms with E-state index >= 15 is 0 Å². The van der Waals surface area contributed by atoms with Gasteiger partial charge in [0.25, 0.3) is 0 Å². The van der Waals surface area contributed by atoms with Gasteiger partial charge in [-0.15, -0.1) is 0 Å². The van der Waals surface area contributed by atoms with Gasteiger partial charge in [0.1, 0.15) is 0 Å². The van der Waals surface area contributed by atoms with Gasteiger partial charge in [-0.1, -0.05) is 42.5 Å². The highest BCUT2D eigenvalue weighted by Crippen LogP contribution is 2.21. The van der Waals surface area contributed by atoms with E-state index < -0.39 is 9.84 Å². The highest BCUT2D eigenvalue weighted by Gasteiger charge is 2.22. The summed E-state index contributed by atoms with van der Waals surface area (Å²) in [5.41, 5.74) is 3.17. The molecule has 1 aromatic heterocycles. The summed E-state index contributed by atoms with van der Waals surface area (Å²) in [5, 5.41) is 9.10. The number of aryl methyl sites for hydroxylation is 1. The molecule has 0 aliphatic rings. The topological polar surface area (TPSA) is 72.2 Å². The highest BCUT2D eigenvalue weighted by molar-refractivity contribution is 7.90. The monoisotopic (exact) mass is 342 g/mol. The van der Waals surface area contributed by atoms with E-state index in [-0.39, 0.29) is 17.5 Å². The Labute approximate surface area is 141 Å². The number of aliphatic hydroxyl groups is 1. The summed E-state index contributed by atoms with van der Waals surface area (Å²) in [4.78, 5) is 4.07. The largest absolute Gasteiger partial charge is 0.392 e. The summed E-state index contributed by atoms with van der Waals surface area (Å²) in [7, 11) is -3.60. The Morgan fingerprint density at radius 1 is 1.04 bits per heavy atom. The Kier molecular flexibility index (Phi) is 4.51. The molecule has 0 saturated heterocycles. The van der Waals surface area contributed by atoms with Crippen molar-refractivity contribution in [1.82, 2.24) is 9.55 Å². The van der Waals surface area contributed by atoms with Crippen LogP contribution < -0.4 is 0 Å². The average Bonchev–Trinajstić information content (AvgIpc) is 3.06. The molecule has 3 rings (SSSR count). The molecule has 0 atom stereocenters. The number of nitrogens with zero attached hydrogens (tertiary/aromatic N) is 2. The fourth-order valence-corrected chi connectivity index (χ4v) is 4.00. The van der Waals surface area contributed by atoms with Crippen molar-refractivity contribution in [3.8, 4) is 5.69 Å². The standard InChI is InChI=1S/C18H18N2O3S/c1-14-4-2-3-5-17(14)20-11-10-19-18(20)24(22,23)13-16-8-6-15(12-21)7-9-16/h2-11,21H,12-13H2,1H3. The predicted octanol–water partition coefficient (Wildman–Crippen LogP) is 2.65. The zero-order chi connectivity index (χ0) is 17.2. The van der Waals surface area contributed by atoms with Gasteiger partial charge < -0.3 is 5.11 Å².